The molecule has 0 aliphatic carbocycles. The van der Waals surface area contributed by atoms with Gasteiger partial charge >= 0.3 is 13.8 Å². The molecule has 3 N–H and O–H groups in total. The summed E-state index contributed by atoms with van der Waals surface area (Å²) < 4.78 is 33.1. The lowest BCUT2D eigenvalue weighted by atomic mass is 10.2. The molecule has 0 rings (SSSR count). The van der Waals surface area contributed by atoms with Crippen LogP contribution < -0.4 is 5.73 Å². The highest BCUT2D eigenvalue weighted by Gasteiger charge is 2.25. The lowest BCUT2D eigenvalue weighted by molar-refractivity contribution is -0.154. The van der Waals surface area contributed by atoms with Crippen LogP contribution in [0.15, 0.2) is 97.2 Å². The van der Waals surface area contributed by atoms with Gasteiger partial charge in [0.15, 0.2) is 0 Å². The number of unbranched alkanes of at least 4 members (excludes halogenated alkanes) is 3. The Kier molecular flexibility index (Phi) is 33.8. The van der Waals surface area contributed by atoms with Crippen molar-refractivity contribution in [3.8, 4) is 0 Å². The topological polar surface area (TPSA) is 117 Å². The molecule has 0 radical (unpaired) electrons. The van der Waals surface area contributed by atoms with Crippen molar-refractivity contribution in [2.24, 2.45) is 5.73 Å². The van der Waals surface area contributed by atoms with Crippen LogP contribution in [0.3, 0.4) is 0 Å². The van der Waals surface area contributed by atoms with Crippen LogP contribution in [0, 0.1) is 0 Å². The lowest BCUT2D eigenvalue weighted by Gasteiger charge is -2.19. The summed E-state index contributed by atoms with van der Waals surface area (Å²) in [6, 6.07) is 0. The van der Waals surface area contributed by atoms with E-state index in [0.29, 0.717) is 13.0 Å². The second-order valence-corrected chi connectivity index (χ2v) is 12.4. The number of ether oxygens (including phenoxy) is 2. The zero-order valence-corrected chi connectivity index (χ0v) is 30.6. The summed E-state index contributed by atoms with van der Waals surface area (Å²) in [7, 11) is -4.30. The van der Waals surface area contributed by atoms with Gasteiger partial charge in [0.2, 0.25) is 0 Å². The van der Waals surface area contributed by atoms with Gasteiger partial charge < -0.3 is 20.1 Å². The number of allylic oxidation sites excluding steroid dienone is 16. The predicted octanol–water partition coefficient (Wildman–Crippen LogP) is 9.96. The molecular formula is C39H64NO7P. The van der Waals surface area contributed by atoms with Gasteiger partial charge in [-0.05, 0) is 77.0 Å². The molecule has 0 aliphatic rings. The van der Waals surface area contributed by atoms with Crippen molar-refractivity contribution in [1.29, 1.82) is 0 Å². The first-order valence-corrected chi connectivity index (χ1v) is 19.2. The number of nitrogens with two attached hydrogens (primary N) is 1. The van der Waals surface area contributed by atoms with E-state index in [2.05, 4.69) is 98.9 Å². The normalized spacial score (nSPS) is 14.8. The van der Waals surface area contributed by atoms with Crippen molar-refractivity contribution in [3.05, 3.63) is 97.2 Å². The van der Waals surface area contributed by atoms with Gasteiger partial charge in [-0.2, -0.15) is 0 Å². The average Bonchev–Trinajstić information content (AvgIpc) is 3.07. The van der Waals surface area contributed by atoms with E-state index >= 15 is 0 Å². The minimum atomic E-state index is -4.30. The van der Waals surface area contributed by atoms with Crippen LogP contribution in [-0.2, 0) is 27.9 Å². The van der Waals surface area contributed by atoms with Crippen LogP contribution in [0.1, 0.15) is 104 Å². The van der Waals surface area contributed by atoms with Crippen molar-refractivity contribution in [1.82, 2.24) is 0 Å². The van der Waals surface area contributed by atoms with E-state index in [4.69, 9.17) is 24.3 Å². The number of rotatable bonds is 32. The molecule has 2 unspecified atom stereocenters. The molecule has 0 fully saturated rings. The highest BCUT2D eigenvalue weighted by atomic mass is 31.2. The Morgan fingerprint density at radius 2 is 1.10 bits per heavy atom. The molecule has 0 spiro atoms. The summed E-state index contributed by atoms with van der Waals surface area (Å²) in [5.74, 6) is -0.428. The fourth-order valence-electron chi connectivity index (χ4n) is 4.00. The van der Waals surface area contributed by atoms with Gasteiger partial charge in [-0.3, -0.25) is 13.8 Å². The molecular weight excluding hydrogens is 625 g/mol. The van der Waals surface area contributed by atoms with E-state index in [0.717, 1.165) is 77.0 Å². The Morgan fingerprint density at radius 3 is 1.60 bits per heavy atom. The van der Waals surface area contributed by atoms with Crippen LogP contribution in [0.4, 0.5) is 0 Å². The number of esters is 1. The Bertz CT molecular complexity index is 1040. The monoisotopic (exact) mass is 689 g/mol. The molecule has 8 nitrogen and oxygen atoms in total. The van der Waals surface area contributed by atoms with E-state index in [1.165, 1.54) is 0 Å². The van der Waals surface area contributed by atoms with E-state index in [-0.39, 0.29) is 32.8 Å². The van der Waals surface area contributed by atoms with Crippen LogP contribution in [0.25, 0.3) is 0 Å². The minimum Gasteiger partial charge on any atom is -0.457 e. The molecule has 0 saturated carbocycles. The summed E-state index contributed by atoms with van der Waals surface area (Å²) in [6.45, 7) is 4.45. The Balaban J connectivity index is 4.32. The largest absolute Gasteiger partial charge is 0.472 e. The van der Waals surface area contributed by atoms with Crippen molar-refractivity contribution < 1.29 is 32.8 Å². The van der Waals surface area contributed by atoms with Crippen LogP contribution in [-0.4, -0.2) is 49.9 Å². The van der Waals surface area contributed by atoms with Gasteiger partial charge in [0.25, 0.3) is 0 Å². The molecule has 0 heterocycles. The third kappa shape index (κ3) is 34.7. The average molecular weight is 690 g/mol. The molecule has 272 valence electrons. The molecule has 0 aromatic heterocycles. The summed E-state index contributed by atoms with van der Waals surface area (Å²) in [6.07, 6.45) is 45.9. The summed E-state index contributed by atoms with van der Waals surface area (Å²) in [5, 5.41) is 0. The minimum absolute atomic E-state index is 0.0590. The number of hydrogen-bond donors (Lipinski definition) is 2. The third-order valence-electron chi connectivity index (χ3n) is 6.51. The fourth-order valence-corrected chi connectivity index (χ4v) is 4.76. The highest BCUT2D eigenvalue weighted by molar-refractivity contribution is 7.47. The van der Waals surface area contributed by atoms with Crippen LogP contribution in [0.2, 0.25) is 0 Å². The van der Waals surface area contributed by atoms with E-state index in [1.807, 2.05) is 12.2 Å². The van der Waals surface area contributed by atoms with Gasteiger partial charge in [0.1, 0.15) is 6.10 Å². The van der Waals surface area contributed by atoms with Crippen LogP contribution >= 0.6 is 7.82 Å². The van der Waals surface area contributed by atoms with Gasteiger partial charge in [-0.1, -0.05) is 117 Å². The number of hydrogen-bond acceptors (Lipinski definition) is 7. The Labute approximate surface area is 291 Å². The van der Waals surface area contributed by atoms with E-state index < -0.39 is 19.9 Å². The van der Waals surface area contributed by atoms with Crippen molar-refractivity contribution >= 4 is 13.8 Å². The fraction of sp³-hybridized carbons (Fsp3) is 0.564. The molecule has 0 saturated heterocycles. The number of phosphoric acid groups is 1. The standard InChI is InChI=1S/C39H64NO7P/c1-3-5-7-9-11-13-15-17-18-19-21-23-25-27-29-31-34-44-36-38(37-46-48(42,43)45-35-33-40)47-39(41)32-30-28-26-24-22-20-16-14-12-10-8-6-4-2/h5-8,11-14,17-18,20-23,26,28,38H,3-4,9-10,15-16,19,24-25,27,29-37,40H2,1-2H3,(H,42,43)/b7-5-,8-6-,13-11-,14-12-,18-17-,22-20-,23-21-,28-26-. The zero-order valence-electron chi connectivity index (χ0n) is 29.7. The third-order valence-corrected chi connectivity index (χ3v) is 7.49. The molecule has 0 amide bonds. The number of carbonyl (C=O) groups excluding carboxylic acids is 1. The maximum atomic E-state index is 12.5. The van der Waals surface area contributed by atoms with E-state index in [9.17, 15) is 14.3 Å². The first-order chi connectivity index (χ1) is 23.4. The summed E-state index contributed by atoms with van der Waals surface area (Å²) in [5.41, 5.74) is 5.34. The summed E-state index contributed by atoms with van der Waals surface area (Å²) >= 11 is 0. The molecule has 0 bridgehead atoms. The first-order valence-electron chi connectivity index (χ1n) is 17.7. The highest BCUT2D eigenvalue weighted by Crippen LogP contribution is 2.43. The molecule has 0 aliphatic heterocycles. The Morgan fingerprint density at radius 1 is 0.625 bits per heavy atom. The van der Waals surface area contributed by atoms with Gasteiger partial charge in [-0.25, -0.2) is 4.57 Å². The zero-order chi connectivity index (χ0) is 35.2. The summed E-state index contributed by atoms with van der Waals surface area (Å²) in [4.78, 5) is 22.3. The second kappa shape index (κ2) is 35.7. The molecule has 0 aromatic rings. The maximum Gasteiger partial charge on any atom is 0.472 e. The maximum absolute atomic E-state index is 12.5. The van der Waals surface area contributed by atoms with Crippen LogP contribution in [0.5, 0.6) is 0 Å². The van der Waals surface area contributed by atoms with Gasteiger partial charge in [-0.15, -0.1) is 0 Å². The van der Waals surface area contributed by atoms with Crippen molar-refractivity contribution in [3.63, 3.8) is 0 Å². The first kappa shape index (κ1) is 45.4. The smallest absolute Gasteiger partial charge is 0.457 e. The molecule has 48 heavy (non-hydrogen) atoms. The quantitative estimate of drug-likeness (QED) is 0.0310. The van der Waals surface area contributed by atoms with Crippen molar-refractivity contribution in [2.75, 3.05) is 33.0 Å². The van der Waals surface area contributed by atoms with Crippen molar-refractivity contribution in [2.45, 2.75) is 110 Å². The predicted molar refractivity (Wildman–Crippen MR) is 201 cm³/mol. The molecule has 2 atom stereocenters. The SMILES string of the molecule is CC/C=C\C/C=C\C/C=C\C/C=C\CCCCCOCC(COP(=O)(O)OCCN)OC(=O)CC/C=C\C/C=C\C/C=C\C/C=C\CC. The van der Waals surface area contributed by atoms with E-state index in [1.54, 1.807) is 0 Å². The van der Waals surface area contributed by atoms with Gasteiger partial charge in [0, 0.05) is 19.6 Å². The van der Waals surface area contributed by atoms with Gasteiger partial charge in [0.05, 0.1) is 19.8 Å². The lowest BCUT2D eigenvalue weighted by Crippen LogP contribution is -2.28. The Hall–Kier alpha value is -2.58. The second-order valence-electron chi connectivity index (χ2n) is 11.0. The number of carbonyl (C=O) groups is 1. The molecule has 0 aromatic carbocycles. The number of phosphoric ester groups is 1. The molecule has 9 heteroatoms.